The van der Waals surface area contributed by atoms with Gasteiger partial charge in [-0.25, -0.2) is 39.9 Å². The number of hydrogen-bond acceptors (Lipinski definition) is 32. The number of halogens is 4. The van der Waals surface area contributed by atoms with E-state index in [0.717, 1.165) is 123 Å². The molecule has 0 aliphatic carbocycles. The SMILES string of the molecule is CC(=O)Nc1nc(F)c(CN2CC[C@@H](Oc3cnc(C#N)cn3)C[C@@H]2C)s1.CC(=O)Nc1nc(F)c(CN2CC[C@@H](Oc3cnc(C#N)cn3)C[C@H]2C)s1.CC(=O)Nc1nc(F)c(CN2CC[C@H](Oc3cnc(C#N)cn3)C[C@@H]2C)s1.CC(=O)Nc1nc(F)c(CN2CC[C@H](Oc3cnc(C#N)cn3)C[C@H]2C)s1. The lowest BCUT2D eigenvalue weighted by atomic mass is 10.0. The maximum atomic E-state index is 14.0. The van der Waals surface area contributed by atoms with Crippen molar-refractivity contribution in [3.63, 3.8) is 0 Å². The highest BCUT2D eigenvalue weighted by Gasteiger charge is 2.33. The molecule has 0 unspecified atom stereocenters. The first-order chi connectivity index (χ1) is 51.8. The van der Waals surface area contributed by atoms with Crippen molar-refractivity contribution in [2.24, 2.45) is 0 Å². The molecule has 0 saturated carbocycles. The number of carbonyl (C=O) groups is 4. The highest BCUT2D eigenvalue weighted by Crippen LogP contribution is 2.33. The number of nitrogens with one attached hydrogen (secondary N) is 4. The number of piperidine rings is 4. The fourth-order valence-electron chi connectivity index (χ4n) is 11.8. The molecule has 4 aliphatic heterocycles. The maximum Gasteiger partial charge on any atom is 0.232 e. The van der Waals surface area contributed by atoms with Crippen molar-refractivity contribution >= 4 is 89.5 Å². The van der Waals surface area contributed by atoms with Gasteiger partial charge in [0.25, 0.3) is 0 Å². The van der Waals surface area contributed by atoms with Crippen LogP contribution in [0.3, 0.4) is 0 Å². The second kappa shape index (κ2) is 39.3. The van der Waals surface area contributed by atoms with Crippen molar-refractivity contribution in [2.75, 3.05) is 47.4 Å². The number of carbonyl (C=O) groups excluding carboxylic acids is 4. The Kier molecular flexibility index (Phi) is 29.7. The monoisotopic (exact) mass is 1560 g/mol. The van der Waals surface area contributed by atoms with Crippen LogP contribution in [0.4, 0.5) is 38.1 Å². The lowest BCUT2D eigenvalue weighted by Gasteiger charge is -2.37. The van der Waals surface area contributed by atoms with Crippen molar-refractivity contribution in [1.29, 1.82) is 21.0 Å². The summed E-state index contributed by atoms with van der Waals surface area (Å²) in [5, 5.41) is 46.2. The van der Waals surface area contributed by atoms with Crippen LogP contribution in [0.15, 0.2) is 49.6 Å². The molecule has 12 heterocycles. The predicted octanol–water partition coefficient (Wildman–Crippen LogP) is 9.34. The molecular weight excluding hydrogens is 1490 g/mol. The van der Waals surface area contributed by atoms with Crippen LogP contribution in [0.2, 0.25) is 0 Å². The number of amides is 4. The van der Waals surface area contributed by atoms with Crippen molar-refractivity contribution < 1.29 is 55.7 Å². The van der Waals surface area contributed by atoms with Crippen molar-refractivity contribution in [2.45, 2.75) is 182 Å². The van der Waals surface area contributed by atoms with Gasteiger partial charge in [-0.1, -0.05) is 45.3 Å². The van der Waals surface area contributed by atoms with E-state index in [1.807, 2.05) is 24.3 Å². The molecule has 108 heavy (non-hydrogen) atoms. The Morgan fingerprint density at radius 1 is 0.380 bits per heavy atom. The fraction of sp³-hybridized carbons (Fsp3) is 0.471. The molecule has 8 aromatic rings. The lowest BCUT2D eigenvalue weighted by Crippen LogP contribution is -2.43. The molecule has 568 valence electrons. The van der Waals surface area contributed by atoms with E-state index in [1.54, 1.807) is 0 Å². The van der Waals surface area contributed by atoms with Gasteiger partial charge < -0.3 is 40.2 Å². The van der Waals surface area contributed by atoms with Crippen molar-refractivity contribution in [1.82, 2.24) is 79.4 Å². The van der Waals surface area contributed by atoms with E-state index >= 15 is 0 Å². The molecule has 0 aromatic carbocycles. The molecule has 32 nitrogen and oxygen atoms in total. The number of aromatic nitrogens is 12. The van der Waals surface area contributed by atoms with Crippen LogP contribution in [-0.2, 0) is 45.4 Å². The topological polar surface area (TPSA) is 416 Å². The Hall–Kier alpha value is -10.6. The second-order valence-electron chi connectivity index (χ2n) is 25.4. The highest BCUT2D eigenvalue weighted by molar-refractivity contribution is 7.16. The van der Waals surface area contributed by atoms with Crippen LogP contribution in [-0.4, -0.2) is 178 Å². The summed E-state index contributed by atoms with van der Waals surface area (Å²) in [6.07, 6.45) is 17.4. The van der Waals surface area contributed by atoms with Gasteiger partial charge in [-0.2, -0.15) is 58.5 Å². The van der Waals surface area contributed by atoms with E-state index in [4.69, 9.17) is 40.0 Å². The van der Waals surface area contributed by atoms with Crippen LogP contribution in [0, 0.1) is 69.1 Å². The Morgan fingerprint density at radius 2 is 0.583 bits per heavy atom. The molecule has 4 fully saturated rings. The van der Waals surface area contributed by atoms with Gasteiger partial charge in [0.05, 0.1) is 69.1 Å². The van der Waals surface area contributed by atoms with Gasteiger partial charge in [-0.05, 0) is 79.1 Å². The number of likely N-dealkylation sites (tertiary alicyclic amines) is 4. The van der Waals surface area contributed by atoms with Crippen molar-refractivity contribution in [3.05, 3.63) is 116 Å². The summed E-state index contributed by atoms with van der Waals surface area (Å²) in [5.74, 6) is -1.66. The van der Waals surface area contributed by atoms with Crippen LogP contribution < -0.4 is 40.2 Å². The summed E-state index contributed by atoms with van der Waals surface area (Å²) in [6, 6.07) is 8.39. The molecule has 0 spiro atoms. The largest absolute Gasteiger partial charge is 0.473 e. The molecule has 4 N–H and O–H groups in total. The number of rotatable bonds is 20. The Bertz CT molecular complexity index is 3970. The van der Waals surface area contributed by atoms with Gasteiger partial charge in [0.1, 0.15) is 48.7 Å². The Morgan fingerprint density at radius 3 is 0.741 bits per heavy atom. The average molecular weight is 1560 g/mol. The first-order valence-electron chi connectivity index (χ1n) is 34.0. The third-order valence-electron chi connectivity index (χ3n) is 17.1. The normalized spacial score (nSPS) is 20.1. The summed E-state index contributed by atoms with van der Waals surface area (Å²) >= 11 is 4.62. The second-order valence-corrected chi connectivity index (χ2v) is 29.7. The molecule has 40 heteroatoms. The fourth-order valence-corrected chi connectivity index (χ4v) is 15.4. The minimum atomic E-state index is -0.540. The van der Waals surface area contributed by atoms with Gasteiger partial charge in [0.2, 0.25) is 70.9 Å². The molecule has 12 rings (SSSR count). The zero-order valence-corrected chi connectivity index (χ0v) is 63.2. The number of anilines is 4. The zero-order valence-electron chi connectivity index (χ0n) is 59.9. The standard InChI is InChI=1S/4C17H19FN6O2S/c4*1-10-5-13(26-15-8-20-12(6-19)7-21-15)3-4-24(10)9-14-16(18)23-17(27-14)22-11(2)25/h4*7-8,10,13H,3-5,9H2,1-2H3,(H,22,23,25)/t2*10-,13+;2*10-,13-/m1010/s1. The Balaban J connectivity index is 0.000000166. The summed E-state index contributed by atoms with van der Waals surface area (Å²) in [7, 11) is 0. The van der Waals surface area contributed by atoms with Crippen LogP contribution in [0.25, 0.3) is 0 Å². The van der Waals surface area contributed by atoms with Gasteiger partial charge in [0, 0.05) is 104 Å². The molecule has 0 radical (unpaired) electrons. The number of nitriles is 4. The van der Waals surface area contributed by atoms with E-state index in [9.17, 15) is 36.7 Å². The molecule has 4 aliphatic rings. The quantitative estimate of drug-likeness (QED) is 0.0516. The van der Waals surface area contributed by atoms with Crippen molar-refractivity contribution in [3.8, 4) is 47.8 Å². The smallest absolute Gasteiger partial charge is 0.232 e. The predicted molar refractivity (Wildman–Crippen MR) is 387 cm³/mol. The van der Waals surface area contributed by atoms with E-state index in [-0.39, 0.29) is 116 Å². The molecular formula is C68H76F4N24O8S4. The molecule has 0 bridgehead atoms. The number of hydrogen-bond donors (Lipinski definition) is 4. The summed E-state index contributed by atoms with van der Waals surface area (Å²) in [5.41, 5.74) is 0.984. The van der Waals surface area contributed by atoms with E-state index < -0.39 is 23.8 Å². The zero-order chi connectivity index (χ0) is 77.6. The first-order valence-corrected chi connectivity index (χ1v) is 37.3. The van der Waals surface area contributed by atoms with Gasteiger partial charge in [-0.3, -0.25) is 38.8 Å². The van der Waals surface area contributed by atoms with E-state index in [1.165, 1.54) is 77.3 Å². The van der Waals surface area contributed by atoms with E-state index in [0.29, 0.717) is 69.2 Å². The van der Waals surface area contributed by atoms with Gasteiger partial charge >= 0.3 is 0 Å². The average Bonchev–Trinajstić information content (AvgIpc) is 1.61. The van der Waals surface area contributed by atoms with Crippen LogP contribution in [0.1, 0.15) is 149 Å². The van der Waals surface area contributed by atoms with Crippen LogP contribution >= 0.6 is 45.3 Å². The Labute approximate surface area is 634 Å². The summed E-state index contributed by atoms with van der Waals surface area (Å²) in [4.78, 5) is 102. The number of nitrogens with zero attached hydrogens (tertiary/aromatic N) is 20. The maximum absolute atomic E-state index is 14.0. The highest BCUT2D eigenvalue weighted by atomic mass is 32.1. The molecule has 4 amide bonds. The lowest BCUT2D eigenvalue weighted by molar-refractivity contribution is -0.115. The summed E-state index contributed by atoms with van der Waals surface area (Å²) in [6.45, 7) is 18.4. The third kappa shape index (κ3) is 24.8. The minimum absolute atomic E-state index is 0.0141. The van der Waals surface area contributed by atoms with Gasteiger partial charge in [0.15, 0.2) is 43.3 Å². The molecule has 4 saturated heterocycles. The van der Waals surface area contributed by atoms with Gasteiger partial charge in [-0.15, -0.1) is 0 Å². The molecule has 8 atom stereocenters. The number of thiazole rings is 4. The first kappa shape index (κ1) is 81.5. The third-order valence-corrected chi connectivity index (χ3v) is 20.8. The minimum Gasteiger partial charge on any atom is -0.473 e. The summed E-state index contributed by atoms with van der Waals surface area (Å²) < 4.78 is 79.5. The van der Waals surface area contributed by atoms with E-state index in [2.05, 4.69) is 128 Å². The molecule has 8 aromatic heterocycles. The van der Waals surface area contributed by atoms with Crippen LogP contribution in [0.5, 0.6) is 23.5 Å². The number of ether oxygens (including phenoxy) is 4.